The van der Waals surface area contributed by atoms with Crippen molar-refractivity contribution < 1.29 is 9.31 Å². The van der Waals surface area contributed by atoms with Crippen LogP contribution in [-0.4, -0.2) is 4.92 Å². The highest BCUT2D eigenvalue weighted by atomic mass is 127. The summed E-state index contributed by atoms with van der Waals surface area (Å²) in [6, 6.07) is 2.28. The zero-order valence-electron chi connectivity index (χ0n) is 6.17. The first-order valence-electron chi connectivity index (χ1n) is 3.13. The Morgan fingerprint density at radius 3 is 2.67 bits per heavy atom. The van der Waals surface area contributed by atoms with Gasteiger partial charge in [0.25, 0.3) is 5.69 Å². The summed E-state index contributed by atoms with van der Waals surface area (Å²) in [5.41, 5.74) is 0.335. The van der Waals surface area contributed by atoms with Crippen LogP contribution in [0.4, 0.5) is 10.1 Å². The SMILES string of the molecule is Cc1c([N+](=O)[O-])ccc(F)c1I. The first-order chi connectivity index (χ1) is 5.54. The number of halogens is 2. The molecule has 0 heterocycles. The lowest BCUT2D eigenvalue weighted by Crippen LogP contribution is -1.95. The van der Waals surface area contributed by atoms with Gasteiger partial charge < -0.3 is 0 Å². The fourth-order valence-electron chi connectivity index (χ4n) is 0.840. The molecule has 0 radical (unpaired) electrons. The molecule has 0 aliphatic carbocycles. The molecule has 0 aromatic heterocycles. The molecule has 1 aromatic rings. The normalized spacial score (nSPS) is 9.92. The quantitative estimate of drug-likeness (QED) is 0.451. The van der Waals surface area contributed by atoms with Gasteiger partial charge in [0, 0.05) is 11.6 Å². The highest BCUT2D eigenvalue weighted by Crippen LogP contribution is 2.24. The Bertz CT molecular complexity index is 340. The van der Waals surface area contributed by atoms with Crippen molar-refractivity contribution in [1.29, 1.82) is 0 Å². The average molecular weight is 281 g/mol. The Balaban J connectivity index is 3.36. The third-order valence-electron chi connectivity index (χ3n) is 1.51. The Kier molecular flexibility index (Phi) is 2.61. The maximum atomic E-state index is 12.8. The highest BCUT2D eigenvalue weighted by Gasteiger charge is 2.14. The van der Waals surface area contributed by atoms with Crippen molar-refractivity contribution in [3.63, 3.8) is 0 Å². The van der Waals surface area contributed by atoms with Gasteiger partial charge in [-0.2, -0.15) is 0 Å². The van der Waals surface area contributed by atoms with Gasteiger partial charge in [-0.05, 0) is 35.6 Å². The van der Waals surface area contributed by atoms with E-state index in [2.05, 4.69) is 0 Å². The van der Waals surface area contributed by atoms with Crippen molar-refractivity contribution in [3.8, 4) is 0 Å². The van der Waals surface area contributed by atoms with E-state index in [1.165, 1.54) is 13.0 Å². The molecule has 0 unspecified atom stereocenters. The first-order valence-corrected chi connectivity index (χ1v) is 4.21. The summed E-state index contributed by atoms with van der Waals surface area (Å²) in [4.78, 5) is 9.85. The van der Waals surface area contributed by atoms with Gasteiger partial charge in [0.2, 0.25) is 0 Å². The lowest BCUT2D eigenvalue weighted by Gasteiger charge is -1.99. The summed E-state index contributed by atoms with van der Waals surface area (Å²) in [7, 11) is 0. The molecule has 0 aliphatic rings. The van der Waals surface area contributed by atoms with Crippen LogP contribution in [0.1, 0.15) is 5.56 Å². The third-order valence-corrected chi connectivity index (χ3v) is 2.83. The second kappa shape index (κ2) is 3.34. The zero-order valence-corrected chi connectivity index (χ0v) is 8.33. The maximum absolute atomic E-state index is 12.8. The van der Waals surface area contributed by atoms with Crippen molar-refractivity contribution in [1.82, 2.24) is 0 Å². The Labute approximate surface area is 81.9 Å². The monoisotopic (exact) mass is 281 g/mol. The Hall–Kier alpha value is -0.720. The summed E-state index contributed by atoms with van der Waals surface area (Å²) >= 11 is 1.75. The van der Waals surface area contributed by atoms with Crippen LogP contribution in [0.3, 0.4) is 0 Å². The minimum atomic E-state index is -0.517. The lowest BCUT2D eigenvalue weighted by atomic mass is 10.2. The molecular formula is C7H5FINO2. The predicted molar refractivity (Wildman–Crippen MR) is 50.5 cm³/mol. The molecule has 0 N–H and O–H groups in total. The van der Waals surface area contributed by atoms with E-state index in [1.807, 2.05) is 0 Å². The van der Waals surface area contributed by atoms with Crippen LogP contribution in [0.25, 0.3) is 0 Å². The van der Waals surface area contributed by atoms with Crippen LogP contribution in [0, 0.1) is 26.4 Å². The Morgan fingerprint density at radius 1 is 1.58 bits per heavy atom. The molecule has 0 amide bonds. The first kappa shape index (κ1) is 9.37. The highest BCUT2D eigenvalue weighted by molar-refractivity contribution is 14.1. The Morgan fingerprint density at radius 2 is 2.17 bits per heavy atom. The lowest BCUT2D eigenvalue weighted by molar-refractivity contribution is -0.385. The minimum Gasteiger partial charge on any atom is -0.258 e. The predicted octanol–water partition coefficient (Wildman–Crippen LogP) is 2.65. The molecular weight excluding hydrogens is 276 g/mol. The van der Waals surface area contributed by atoms with Crippen molar-refractivity contribution in [2.24, 2.45) is 0 Å². The molecule has 0 saturated carbocycles. The van der Waals surface area contributed by atoms with Crippen LogP contribution in [0.5, 0.6) is 0 Å². The van der Waals surface area contributed by atoms with Crippen LogP contribution in [-0.2, 0) is 0 Å². The van der Waals surface area contributed by atoms with Crippen LogP contribution in [0.2, 0.25) is 0 Å². The molecule has 64 valence electrons. The number of benzene rings is 1. The average Bonchev–Trinajstić information content (AvgIpc) is 2.00. The van der Waals surface area contributed by atoms with Gasteiger partial charge in [0.1, 0.15) is 5.82 Å². The summed E-state index contributed by atoms with van der Waals surface area (Å²) in [6.45, 7) is 1.53. The largest absolute Gasteiger partial charge is 0.273 e. The van der Waals surface area contributed by atoms with E-state index in [0.29, 0.717) is 9.13 Å². The van der Waals surface area contributed by atoms with Crippen LogP contribution in [0.15, 0.2) is 12.1 Å². The zero-order chi connectivity index (χ0) is 9.30. The topological polar surface area (TPSA) is 43.1 Å². The van der Waals surface area contributed by atoms with Gasteiger partial charge in [0.15, 0.2) is 0 Å². The molecule has 1 aromatic carbocycles. The number of hydrogen-bond donors (Lipinski definition) is 0. The number of nitro benzene ring substituents is 1. The number of nitro groups is 1. The number of rotatable bonds is 1. The van der Waals surface area contributed by atoms with E-state index in [1.54, 1.807) is 22.6 Å². The molecule has 1 rings (SSSR count). The fraction of sp³-hybridized carbons (Fsp3) is 0.143. The number of nitrogens with zero attached hydrogens (tertiary/aromatic N) is 1. The molecule has 3 nitrogen and oxygen atoms in total. The van der Waals surface area contributed by atoms with E-state index in [4.69, 9.17) is 0 Å². The summed E-state index contributed by atoms with van der Waals surface area (Å²) in [5.74, 6) is -0.418. The van der Waals surface area contributed by atoms with Gasteiger partial charge in [-0.3, -0.25) is 10.1 Å². The smallest absolute Gasteiger partial charge is 0.258 e. The second-order valence-electron chi connectivity index (χ2n) is 2.26. The molecule has 0 aliphatic heterocycles. The molecule has 0 fully saturated rings. The third kappa shape index (κ3) is 1.55. The van der Waals surface area contributed by atoms with Crippen molar-refractivity contribution in [2.75, 3.05) is 0 Å². The fourth-order valence-corrected chi connectivity index (χ4v) is 1.30. The standard InChI is InChI=1S/C7H5FINO2/c1-4-6(10(11)12)3-2-5(8)7(4)9/h2-3H,1H3. The van der Waals surface area contributed by atoms with Gasteiger partial charge in [-0.25, -0.2) is 4.39 Å². The van der Waals surface area contributed by atoms with Crippen LogP contribution >= 0.6 is 22.6 Å². The van der Waals surface area contributed by atoms with Crippen molar-refractivity contribution >= 4 is 28.3 Å². The number of hydrogen-bond acceptors (Lipinski definition) is 2. The van der Waals surface area contributed by atoms with Gasteiger partial charge >= 0.3 is 0 Å². The summed E-state index contributed by atoms with van der Waals surface area (Å²) in [5, 5.41) is 10.4. The molecule has 12 heavy (non-hydrogen) atoms. The summed E-state index contributed by atoms with van der Waals surface area (Å²) < 4.78 is 13.1. The summed E-state index contributed by atoms with van der Waals surface area (Å²) in [6.07, 6.45) is 0. The van der Waals surface area contributed by atoms with E-state index in [9.17, 15) is 14.5 Å². The van der Waals surface area contributed by atoms with E-state index < -0.39 is 10.7 Å². The second-order valence-corrected chi connectivity index (χ2v) is 3.34. The molecule has 0 saturated heterocycles. The maximum Gasteiger partial charge on any atom is 0.273 e. The minimum absolute atomic E-state index is 0.0409. The molecule has 5 heteroatoms. The van der Waals surface area contributed by atoms with Crippen LogP contribution < -0.4 is 0 Å². The molecule has 0 bridgehead atoms. The van der Waals surface area contributed by atoms with Gasteiger partial charge in [-0.1, -0.05) is 0 Å². The van der Waals surface area contributed by atoms with E-state index in [0.717, 1.165) is 6.07 Å². The molecule has 0 atom stereocenters. The van der Waals surface area contributed by atoms with Gasteiger partial charge in [0.05, 0.1) is 8.49 Å². The van der Waals surface area contributed by atoms with E-state index in [-0.39, 0.29) is 5.69 Å². The van der Waals surface area contributed by atoms with Gasteiger partial charge in [-0.15, -0.1) is 0 Å². The van der Waals surface area contributed by atoms with E-state index >= 15 is 0 Å². The van der Waals surface area contributed by atoms with Crippen molar-refractivity contribution in [3.05, 3.63) is 37.2 Å². The van der Waals surface area contributed by atoms with Crippen molar-refractivity contribution in [2.45, 2.75) is 6.92 Å². The molecule has 0 spiro atoms.